The van der Waals surface area contributed by atoms with Crippen molar-refractivity contribution in [3.8, 4) is 5.75 Å². The third-order valence-corrected chi connectivity index (χ3v) is 4.42. The summed E-state index contributed by atoms with van der Waals surface area (Å²) < 4.78 is 10.4. The number of ether oxygens (including phenoxy) is 2. The first-order valence-corrected chi connectivity index (χ1v) is 8.91. The fourth-order valence-electron chi connectivity index (χ4n) is 2.55. The summed E-state index contributed by atoms with van der Waals surface area (Å²) in [6.45, 7) is 0.331. The molecule has 0 aromatic heterocycles. The number of carbonyl (C=O) groups is 2. The van der Waals surface area contributed by atoms with Crippen molar-refractivity contribution >= 4 is 29.2 Å². The Bertz CT molecular complexity index is 986. The summed E-state index contributed by atoms with van der Waals surface area (Å²) >= 11 is 6.11. The molecule has 0 aliphatic heterocycles. The molecular weight excluding hydrogens is 378 g/mol. The zero-order valence-electron chi connectivity index (χ0n) is 15.1. The molecule has 1 N–H and O–H groups in total. The highest BCUT2D eigenvalue weighted by atomic mass is 35.5. The van der Waals surface area contributed by atoms with E-state index in [1.54, 1.807) is 54.6 Å². The first-order chi connectivity index (χ1) is 13.6. The predicted octanol–water partition coefficient (Wildman–Crippen LogP) is 4.96. The van der Waals surface area contributed by atoms with Crippen LogP contribution in [0.5, 0.6) is 5.75 Å². The van der Waals surface area contributed by atoms with Gasteiger partial charge in [-0.15, -0.1) is 0 Å². The van der Waals surface area contributed by atoms with E-state index in [1.807, 2.05) is 18.2 Å². The molecule has 1 amide bonds. The van der Waals surface area contributed by atoms with Gasteiger partial charge >= 0.3 is 5.97 Å². The summed E-state index contributed by atoms with van der Waals surface area (Å²) in [7, 11) is 1.29. The number of halogens is 1. The van der Waals surface area contributed by atoms with Gasteiger partial charge < -0.3 is 14.8 Å². The lowest BCUT2D eigenvalue weighted by molar-refractivity contribution is 0.0602. The van der Waals surface area contributed by atoms with E-state index >= 15 is 0 Å². The van der Waals surface area contributed by atoms with Crippen LogP contribution in [0.1, 0.15) is 26.3 Å². The second-order valence-electron chi connectivity index (χ2n) is 5.90. The molecule has 0 heterocycles. The largest absolute Gasteiger partial charge is 0.489 e. The van der Waals surface area contributed by atoms with Gasteiger partial charge in [-0.25, -0.2) is 4.79 Å². The summed E-state index contributed by atoms with van der Waals surface area (Å²) in [5, 5.41) is 3.37. The number of methoxy groups -OCH3 is 1. The Kier molecular flexibility index (Phi) is 6.29. The van der Waals surface area contributed by atoms with Gasteiger partial charge in [0.15, 0.2) is 0 Å². The molecule has 0 atom stereocenters. The second kappa shape index (κ2) is 9.06. The molecule has 6 heteroatoms. The molecule has 0 bridgehead atoms. The third kappa shape index (κ3) is 4.69. The van der Waals surface area contributed by atoms with Gasteiger partial charge in [-0.3, -0.25) is 4.79 Å². The van der Waals surface area contributed by atoms with Crippen molar-refractivity contribution in [1.82, 2.24) is 0 Å². The molecule has 0 saturated carbocycles. The van der Waals surface area contributed by atoms with Crippen LogP contribution in [0.3, 0.4) is 0 Å². The van der Waals surface area contributed by atoms with Crippen molar-refractivity contribution in [2.75, 3.05) is 12.4 Å². The number of rotatable bonds is 6. The van der Waals surface area contributed by atoms with Crippen LogP contribution in [-0.2, 0) is 11.3 Å². The van der Waals surface area contributed by atoms with E-state index < -0.39 is 5.97 Å². The molecule has 28 heavy (non-hydrogen) atoms. The van der Waals surface area contributed by atoms with Crippen molar-refractivity contribution in [2.24, 2.45) is 0 Å². The first-order valence-electron chi connectivity index (χ1n) is 8.53. The monoisotopic (exact) mass is 395 g/mol. The fourth-order valence-corrected chi connectivity index (χ4v) is 2.74. The number of nitrogens with one attached hydrogen (secondary N) is 1. The molecule has 142 valence electrons. The first kappa shape index (κ1) is 19.5. The van der Waals surface area contributed by atoms with Crippen LogP contribution in [0, 0.1) is 0 Å². The third-order valence-electron chi connectivity index (χ3n) is 4.05. The molecule has 0 fully saturated rings. The molecule has 0 aliphatic carbocycles. The molecule has 5 nitrogen and oxygen atoms in total. The standard InChI is InChI=1S/C22H18ClNO4/c1-27-22(26)18-7-3-5-9-20(18)24-21(25)15-10-12-17(13-11-15)28-14-16-6-2-4-8-19(16)23/h2-13H,14H2,1H3,(H,24,25). The number of anilines is 1. The van der Waals surface area contributed by atoms with E-state index in [0.717, 1.165) is 5.56 Å². The van der Waals surface area contributed by atoms with Crippen molar-refractivity contribution in [2.45, 2.75) is 6.61 Å². The van der Waals surface area contributed by atoms with Crippen molar-refractivity contribution in [1.29, 1.82) is 0 Å². The van der Waals surface area contributed by atoms with E-state index in [0.29, 0.717) is 28.6 Å². The number of amides is 1. The number of benzene rings is 3. The van der Waals surface area contributed by atoms with Crippen LogP contribution >= 0.6 is 11.6 Å². The molecule has 0 radical (unpaired) electrons. The summed E-state index contributed by atoms with van der Waals surface area (Å²) in [4.78, 5) is 24.3. The van der Waals surface area contributed by atoms with Crippen LogP contribution in [0.2, 0.25) is 5.02 Å². The van der Waals surface area contributed by atoms with Crippen LogP contribution in [-0.4, -0.2) is 19.0 Å². The Labute approximate surface area is 167 Å². The molecular formula is C22H18ClNO4. The minimum atomic E-state index is -0.515. The fraction of sp³-hybridized carbons (Fsp3) is 0.0909. The molecule has 3 rings (SSSR count). The molecule has 0 aliphatic rings. The summed E-state index contributed by atoms with van der Waals surface area (Å²) in [6.07, 6.45) is 0. The highest BCUT2D eigenvalue weighted by Gasteiger charge is 2.14. The van der Waals surface area contributed by atoms with Gasteiger partial charge in [0.1, 0.15) is 12.4 Å². The van der Waals surface area contributed by atoms with Crippen LogP contribution < -0.4 is 10.1 Å². The number of hydrogen-bond acceptors (Lipinski definition) is 4. The number of para-hydroxylation sites is 1. The maximum atomic E-state index is 12.5. The topological polar surface area (TPSA) is 64.6 Å². The lowest BCUT2D eigenvalue weighted by atomic mass is 10.1. The van der Waals surface area contributed by atoms with Gasteiger partial charge in [0.05, 0.1) is 18.4 Å². The van der Waals surface area contributed by atoms with E-state index in [9.17, 15) is 9.59 Å². The Hall–Kier alpha value is -3.31. The average Bonchev–Trinajstić information content (AvgIpc) is 2.73. The Morgan fingerprint density at radius 3 is 2.32 bits per heavy atom. The maximum absolute atomic E-state index is 12.5. The Balaban J connectivity index is 1.66. The molecule has 0 unspecified atom stereocenters. The maximum Gasteiger partial charge on any atom is 0.339 e. The smallest absolute Gasteiger partial charge is 0.339 e. The summed E-state index contributed by atoms with van der Waals surface area (Å²) in [6, 6.07) is 20.8. The van der Waals surface area contributed by atoms with Crippen molar-refractivity contribution in [3.63, 3.8) is 0 Å². The van der Waals surface area contributed by atoms with Crippen molar-refractivity contribution in [3.05, 3.63) is 94.5 Å². The summed E-state index contributed by atoms with van der Waals surface area (Å²) in [5.41, 5.74) is 1.99. The number of esters is 1. The quantitative estimate of drug-likeness (QED) is 0.599. The van der Waals surface area contributed by atoms with Gasteiger partial charge in [-0.05, 0) is 42.5 Å². The van der Waals surface area contributed by atoms with Gasteiger partial charge in [0.2, 0.25) is 0 Å². The van der Waals surface area contributed by atoms with Gasteiger partial charge in [-0.2, -0.15) is 0 Å². The highest BCUT2D eigenvalue weighted by molar-refractivity contribution is 6.31. The molecule has 0 spiro atoms. The van der Waals surface area contributed by atoms with E-state index in [1.165, 1.54) is 7.11 Å². The van der Waals surface area contributed by atoms with Gasteiger partial charge in [0.25, 0.3) is 5.91 Å². The molecule has 3 aromatic rings. The zero-order valence-corrected chi connectivity index (χ0v) is 15.9. The lowest BCUT2D eigenvalue weighted by Gasteiger charge is -2.11. The highest BCUT2D eigenvalue weighted by Crippen LogP contribution is 2.20. The van der Waals surface area contributed by atoms with Crippen LogP contribution in [0.4, 0.5) is 5.69 Å². The minimum absolute atomic E-state index is 0.290. The molecule has 0 saturated heterocycles. The predicted molar refractivity (Wildman–Crippen MR) is 108 cm³/mol. The van der Waals surface area contributed by atoms with E-state index in [2.05, 4.69) is 5.32 Å². The number of hydrogen-bond donors (Lipinski definition) is 1. The minimum Gasteiger partial charge on any atom is -0.489 e. The van der Waals surface area contributed by atoms with Crippen LogP contribution in [0.25, 0.3) is 0 Å². The van der Waals surface area contributed by atoms with Gasteiger partial charge in [0, 0.05) is 16.1 Å². The van der Waals surface area contributed by atoms with Gasteiger partial charge in [-0.1, -0.05) is 41.9 Å². The second-order valence-corrected chi connectivity index (χ2v) is 6.30. The average molecular weight is 396 g/mol. The Morgan fingerprint density at radius 2 is 1.61 bits per heavy atom. The van der Waals surface area contributed by atoms with E-state index in [4.69, 9.17) is 21.1 Å². The normalized spacial score (nSPS) is 10.2. The molecule has 3 aromatic carbocycles. The Morgan fingerprint density at radius 1 is 0.929 bits per heavy atom. The van der Waals surface area contributed by atoms with E-state index in [-0.39, 0.29) is 11.5 Å². The summed E-state index contributed by atoms with van der Waals surface area (Å²) in [5.74, 6) is -0.236. The van der Waals surface area contributed by atoms with Crippen LogP contribution in [0.15, 0.2) is 72.8 Å². The zero-order chi connectivity index (χ0) is 19.9. The lowest BCUT2D eigenvalue weighted by Crippen LogP contribution is -2.15. The SMILES string of the molecule is COC(=O)c1ccccc1NC(=O)c1ccc(OCc2ccccc2Cl)cc1. The van der Waals surface area contributed by atoms with Crippen molar-refractivity contribution < 1.29 is 19.1 Å². The number of carbonyl (C=O) groups excluding carboxylic acids is 2.